The molecule has 0 saturated carbocycles. The molecule has 0 aliphatic carbocycles. The minimum atomic E-state index is -0.198. The molecule has 1 aliphatic rings. The van der Waals surface area contributed by atoms with Crippen molar-refractivity contribution in [3.05, 3.63) is 65.2 Å². The number of aryl methyl sites for hydroxylation is 1. The van der Waals surface area contributed by atoms with Crippen molar-refractivity contribution < 1.29 is 9.53 Å². The first-order valence-electron chi connectivity index (χ1n) is 9.18. The smallest absolute Gasteiger partial charge is 0.224 e. The lowest BCUT2D eigenvalue weighted by atomic mass is 9.83. The summed E-state index contributed by atoms with van der Waals surface area (Å²) in [5.74, 6) is 0.963. The van der Waals surface area contributed by atoms with Crippen LogP contribution in [0.25, 0.3) is 0 Å². The van der Waals surface area contributed by atoms with Crippen molar-refractivity contribution in [2.45, 2.75) is 58.1 Å². The Kier molecular flexibility index (Phi) is 5.12. The molecule has 0 radical (unpaired) electrons. The quantitative estimate of drug-likeness (QED) is 0.856. The Morgan fingerprint density at radius 1 is 1.12 bits per heavy atom. The molecule has 0 bridgehead atoms. The van der Waals surface area contributed by atoms with Crippen molar-refractivity contribution in [3.63, 3.8) is 0 Å². The van der Waals surface area contributed by atoms with Crippen LogP contribution in [0.3, 0.4) is 0 Å². The van der Waals surface area contributed by atoms with Gasteiger partial charge in [-0.25, -0.2) is 0 Å². The zero-order valence-electron chi connectivity index (χ0n) is 15.3. The molecule has 2 aromatic carbocycles. The Labute approximate surface area is 150 Å². The molecule has 25 heavy (non-hydrogen) atoms. The molecule has 2 aromatic rings. The normalized spacial score (nSPS) is 18.1. The fourth-order valence-corrected chi connectivity index (χ4v) is 3.57. The summed E-state index contributed by atoms with van der Waals surface area (Å²) in [4.78, 5) is 12.6. The van der Waals surface area contributed by atoms with Crippen LogP contribution in [0.15, 0.2) is 48.5 Å². The highest BCUT2D eigenvalue weighted by Gasteiger charge is 2.38. The largest absolute Gasteiger partial charge is 0.487 e. The number of amides is 1. The second-order valence-corrected chi connectivity index (χ2v) is 7.02. The van der Waals surface area contributed by atoms with Crippen molar-refractivity contribution in [1.82, 2.24) is 5.32 Å². The average Bonchev–Trinajstić information content (AvgIpc) is 2.63. The molecule has 1 amide bonds. The Bertz CT molecular complexity index is 732. The van der Waals surface area contributed by atoms with Gasteiger partial charge in [0.2, 0.25) is 5.91 Å². The molecule has 0 saturated heterocycles. The maximum atomic E-state index is 12.6. The number of carbonyl (C=O) groups excluding carboxylic acids is 1. The zero-order chi connectivity index (χ0) is 17.9. The molecule has 0 aromatic heterocycles. The van der Waals surface area contributed by atoms with Crippen LogP contribution >= 0.6 is 0 Å². The number of hydrogen-bond donors (Lipinski definition) is 1. The van der Waals surface area contributed by atoms with Crippen molar-refractivity contribution in [3.8, 4) is 5.75 Å². The van der Waals surface area contributed by atoms with Crippen LogP contribution in [-0.4, -0.2) is 11.5 Å². The van der Waals surface area contributed by atoms with Gasteiger partial charge in [0.25, 0.3) is 0 Å². The molecular weight excluding hydrogens is 310 g/mol. The number of ether oxygens (including phenoxy) is 1. The Morgan fingerprint density at radius 3 is 2.48 bits per heavy atom. The maximum Gasteiger partial charge on any atom is 0.224 e. The third-order valence-corrected chi connectivity index (χ3v) is 5.31. The minimum absolute atomic E-state index is 0.00259. The molecule has 3 nitrogen and oxygen atoms in total. The van der Waals surface area contributed by atoms with Crippen LogP contribution in [0.5, 0.6) is 5.75 Å². The summed E-state index contributed by atoms with van der Waals surface area (Å²) >= 11 is 0. The number of carbonyl (C=O) groups is 1. The number of hydrogen-bond acceptors (Lipinski definition) is 2. The Hall–Kier alpha value is -2.29. The fourth-order valence-electron chi connectivity index (χ4n) is 3.57. The fraction of sp³-hybridized carbons (Fsp3) is 0.409. The highest BCUT2D eigenvalue weighted by molar-refractivity contribution is 5.79. The lowest BCUT2D eigenvalue weighted by Gasteiger charge is -2.41. The first kappa shape index (κ1) is 17.5. The van der Waals surface area contributed by atoms with E-state index in [1.54, 1.807) is 0 Å². The van der Waals surface area contributed by atoms with Gasteiger partial charge in [-0.05, 0) is 31.4 Å². The topological polar surface area (TPSA) is 38.3 Å². The van der Waals surface area contributed by atoms with Crippen molar-refractivity contribution in [1.29, 1.82) is 0 Å². The third-order valence-electron chi connectivity index (χ3n) is 5.31. The van der Waals surface area contributed by atoms with Gasteiger partial charge in [-0.2, -0.15) is 0 Å². The second kappa shape index (κ2) is 7.30. The molecular formula is C22H27NO2. The SMILES string of the molecule is CCC1(CC)CC(NC(=O)Cc2ccc(C)cc2)c2ccccc2O1. The number of rotatable bonds is 5. The number of fused-ring (bicyclic) bond motifs is 1. The van der Waals surface area contributed by atoms with Gasteiger partial charge in [-0.1, -0.05) is 61.9 Å². The van der Waals surface area contributed by atoms with Crippen LogP contribution in [-0.2, 0) is 11.2 Å². The predicted molar refractivity (Wildman–Crippen MR) is 101 cm³/mol. The van der Waals surface area contributed by atoms with Gasteiger partial charge in [-0.15, -0.1) is 0 Å². The minimum Gasteiger partial charge on any atom is -0.487 e. The first-order chi connectivity index (χ1) is 12.0. The van der Waals surface area contributed by atoms with Crippen LogP contribution < -0.4 is 10.1 Å². The molecule has 1 unspecified atom stereocenters. The van der Waals surface area contributed by atoms with E-state index < -0.39 is 0 Å². The summed E-state index contributed by atoms with van der Waals surface area (Å²) in [5, 5.41) is 3.24. The summed E-state index contributed by atoms with van der Waals surface area (Å²) in [6.45, 7) is 6.36. The van der Waals surface area contributed by atoms with Crippen LogP contribution in [0.1, 0.15) is 55.8 Å². The van der Waals surface area contributed by atoms with E-state index >= 15 is 0 Å². The van der Waals surface area contributed by atoms with E-state index in [0.29, 0.717) is 6.42 Å². The standard InChI is InChI=1S/C22H27NO2/c1-4-22(5-2)15-19(18-8-6-7-9-20(18)25-22)23-21(24)14-17-12-10-16(3)11-13-17/h6-13,19H,4-5,14-15H2,1-3H3,(H,23,24). The maximum absolute atomic E-state index is 12.6. The van der Waals surface area contributed by atoms with Gasteiger partial charge in [0.05, 0.1) is 12.5 Å². The summed E-state index contributed by atoms with van der Waals surface area (Å²) in [7, 11) is 0. The van der Waals surface area contributed by atoms with Gasteiger partial charge in [0.15, 0.2) is 0 Å². The van der Waals surface area contributed by atoms with Crippen molar-refractivity contribution in [2.24, 2.45) is 0 Å². The van der Waals surface area contributed by atoms with Gasteiger partial charge < -0.3 is 10.1 Å². The zero-order valence-corrected chi connectivity index (χ0v) is 15.3. The molecule has 132 valence electrons. The molecule has 1 atom stereocenters. The van der Waals surface area contributed by atoms with Gasteiger partial charge in [-0.3, -0.25) is 4.79 Å². The molecule has 1 N–H and O–H groups in total. The third kappa shape index (κ3) is 3.87. The predicted octanol–water partition coefficient (Wildman–Crippen LogP) is 4.74. The number of nitrogens with one attached hydrogen (secondary N) is 1. The van der Waals surface area contributed by atoms with E-state index in [0.717, 1.165) is 36.1 Å². The average molecular weight is 337 g/mol. The Balaban J connectivity index is 1.78. The number of benzene rings is 2. The summed E-state index contributed by atoms with van der Waals surface area (Å²) < 4.78 is 6.31. The van der Waals surface area contributed by atoms with Gasteiger partial charge >= 0.3 is 0 Å². The van der Waals surface area contributed by atoms with Crippen molar-refractivity contribution in [2.75, 3.05) is 0 Å². The van der Waals surface area contributed by atoms with E-state index in [1.165, 1.54) is 5.56 Å². The van der Waals surface area contributed by atoms with Crippen molar-refractivity contribution >= 4 is 5.91 Å². The first-order valence-corrected chi connectivity index (χ1v) is 9.18. The molecule has 1 heterocycles. The van der Waals surface area contributed by atoms with Gasteiger partial charge in [0.1, 0.15) is 11.4 Å². The molecule has 1 aliphatic heterocycles. The number of para-hydroxylation sites is 1. The molecule has 3 rings (SSSR count). The second-order valence-electron chi connectivity index (χ2n) is 7.02. The lowest BCUT2D eigenvalue weighted by molar-refractivity contribution is -0.121. The summed E-state index contributed by atoms with van der Waals surface area (Å²) in [6, 6.07) is 16.2. The molecule has 0 spiro atoms. The Morgan fingerprint density at radius 2 is 1.80 bits per heavy atom. The molecule has 3 heteroatoms. The molecule has 0 fully saturated rings. The van der Waals surface area contributed by atoms with Crippen LogP contribution in [0.4, 0.5) is 0 Å². The van der Waals surface area contributed by atoms with E-state index in [2.05, 4.69) is 32.2 Å². The summed E-state index contributed by atoms with van der Waals surface area (Å²) in [5.41, 5.74) is 3.13. The van der Waals surface area contributed by atoms with Gasteiger partial charge in [0, 0.05) is 12.0 Å². The van der Waals surface area contributed by atoms with Crippen LogP contribution in [0, 0.1) is 6.92 Å². The lowest BCUT2D eigenvalue weighted by Crippen LogP contribution is -2.44. The highest BCUT2D eigenvalue weighted by atomic mass is 16.5. The highest BCUT2D eigenvalue weighted by Crippen LogP contribution is 2.42. The van der Waals surface area contributed by atoms with E-state index in [-0.39, 0.29) is 17.6 Å². The van der Waals surface area contributed by atoms with E-state index in [9.17, 15) is 4.79 Å². The monoisotopic (exact) mass is 337 g/mol. The van der Waals surface area contributed by atoms with E-state index in [4.69, 9.17) is 4.74 Å². The summed E-state index contributed by atoms with van der Waals surface area (Å²) in [6.07, 6.45) is 3.09. The van der Waals surface area contributed by atoms with Crippen LogP contribution in [0.2, 0.25) is 0 Å². The van der Waals surface area contributed by atoms with E-state index in [1.807, 2.05) is 42.5 Å².